The molecule has 92 valence electrons. The molecule has 1 N–H and O–H groups in total. The van der Waals surface area contributed by atoms with Crippen LogP contribution in [0, 0.1) is 5.92 Å². The van der Waals surface area contributed by atoms with E-state index in [9.17, 15) is 4.79 Å². The summed E-state index contributed by atoms with van der Waals surface area (Å²) >= 11 is 0. The third-order valence-electron chi connectivity index (χ3n) is 3.12. The molecule has 0 saturated heterocycles. The van der Waals surface area contributed by atoms with Gasteiger partial charge in [0, 0.05) is 18.4 Å². The fraction of sp³-hybridized carbons (Fsp3) is 0.500. The van der Waals surface area contributed by atoms with E-state index in [0.717, 1.165) is 31.4 Å². The highest BCUT2D eigenvalue weighted by atomic mass is 16.3. The van der Waals surface area contributed by atoms with Gasteiger partial charge in [0.05, 0.1) is 6.26 Å². The molecule has 3 heteroatoms. The average molecular weight is 233 g/mol. The summed E-state index contributed by atoms with van der Waals surface area (Å²) in [4.78, 5) is 12.0. The molecule has 3 nitrogen and oxygen atoms in total. The number of allylic oxidation sites excluding steroid dienone is 2. The SMILES string of the molecule is C[C@H](Cc1ccco1)NC(=O)[C@H]1CC=CCC1. The molecule has 17 heavy (non-hydrogen) atoms. The van der Waals surface area contributed by atoms with Crippen LogP contribution in [0.5, 0.6) is 0 Å². The predicted octanol–water partition coefficient (Wildman–Crippen LogP) is 2.68. The third-order valence-corrected chi connectivity index (χ3v) is 3.12. The van der Waals surface area contributed by atoms with Gasteiger partial charge in [-0.15, -0.1) is 0 Å². The van der Waals surface area contributed by atoms with E-state index in [4.69, 9.17) is 4.42 Å². The van der Waals surface area contributed by atoms with E-state index in [0.29, 0.717) is 0 Å². The van der Waals surface area contributed by atoms with Crippen molar-refractivity contribution in [2.24, 2.45) is 5.92 Å². The van der Waals surface area contributed by atoms with E-state index in [1.165, 1.54) is 0 Å². The van der Waals surface area contributed by atoms with Crippen LogP contribution in [0.3, 0.4) is 0 Å². The van der Waals surface area contributed by atoms with Crippen molar-refractivity contribution in [3.63, 3.8) is 0 Å². The van der Waals surface area contributed by atoms with Crippen LogP contribution in [-0.4, -0.2) is 11.9 Å². The van der Waals surface area contributed by atoms with Crippen molar-refractivity contribution < 1.29 is 9.21 Å². The van der Waals surface area contributed by atoms with Gasteiger partial charge in [0.25, 0.3) is 0 Å². The van der Waals surface area contributed by atoms with Crippen LogP contribution in [-0.2, 0) is 11.2 Å². The molecule has 0 radical (unpaired) electrons. The lowest BCUT2D eigenvalue weighted by atomic mass is 9.93. The summed E-state index contributed by atoms with van der Waals surface area (Å²) in [5, 5.41) is 3.06. The molecule has 2 atom stereocenters. The van der Waals surface area contributed by atoms with Gasteiger partial charge in [-0.25, -0.2) is 0 Å². The molecular weight excluding hydrogens is 214 g/mol. The normalized spacial score (nSPS) is 21.1. The minimum absolute atomic E-state index is 0.125. The molecular formula is C14H19NO2. The average Bonchev–Trinajstić information content (AvgIpc) is 2.82. The summed E-state index contributed by atoms with van der Waals surface area (Å²) in [7, 11) is 0. The highest BCUT2D eigenvalue weighted by Gasteiger charge is 2.20. The Morgan fingerprint density at radius 3 is 3.12 bits per heavy atom. The summed E-state index contributed by atoms with van der Waals surface area (Å²) in [6.45, 7) is 2.01. The van der Waals surface area contributed by atoms with Gasteiger partial charge < -0.3 is 9.73 Å². The van der Waals surface area contributed by atoms with Crippen molar-refractivity contribution >= 4 is 5.91 Å². The van der Waals surface area contributed by atoms with Crippen LogP contribution < -0.4 is 5.32 Å². The summed E-state index contributed by atoms with van der Waals surface area (Å²) in [6, 6.07) is 3.93. The fourth-order valence-electron chi connectivity index (χ4n) is 2.17. The molecule has 2 rings (SSSR count). The molecule has 0 bridgehead atoms. The van der Waals surface area contributed by atoms with Crippen LogP contribution in [0.2, 0.25) is 0 Å². The lowest BCUT2D eigenvalue weighted by Gasteiger charge is -2.20. The smallest absolute Gasteiger partial charge is 0.223 e. The summed E-state index contributed by atoms with van der Waals surface area (Å²) in [5.41, 5.74) is 0. The number of rotatable bonds is 4. The van der Waals surface area contributed by atoms with Crippen LogP contribution in [0.15, 0.2) is 35.0 Å². The maximum absolute atomic E-state index is 12.0. The first-order chi connectivity index (χ1) is 8.25. The first-order valence-electron chi connectivity index (χ1n) is 6.23. The molecule has 1 amide bonds. The number of carbonyl (C=O) groups excluding carboxylic acids is 1. The zero-order chi connectivity index (χ0) is 12.1. The van der Waals surface area contributed by atoms with Crippen molar-refractivity contribution in [2.45, 2.75) is 38.6 Å². The zero-order valence-corrected chi connectivity index (χ0v) is 10.2. The number of hydrogen-bond donors (Lipinski definition) is 1. The largest absolute Gasteiger partial charge is 0.469 e. The molecule has 1 aromatic heterocycles. The Balaban J connectivity index is 1.79. The second-order valence-corrected chi connectivity index (χ2v) is 4.67. The molecule has 1 heterocycles. The van der Waals surface area contributed by atoms with Gasteiger partial charge in [0.2, 0.25) is 5.91 Å². The molecule has 0 aliphatic heterocycles. The lowest BCUT2D eigenvalue weighted by molar-refractivity contribution is -0.125. The van der Waals surface area contributed by atoms with Crippen molar-refractivity contribution in [2.75, 3.05) is 0 Å². The van der Waals surface area contributed by atoms with Gasteiger partial charge in [-0.2, -0.15) is 0 Å². The number of amides is 1. The highest BCUT2D eigenvalue weighted by Crippen LogP contribution is 2.18. The van der Waals surface area contributed by atoms with Gasteiger partial charge in [0.15, 0.2) is 0 Å². The highest BCUT2D eigenvalue weighted by molar-refractivity contribution is 5.79. The van der Waals surface area contributed by atoms with Gasteiger partial charge in [-0.1, -0.05) is 12.2 Å². The molecule has 1 aromatic rings. The monoisotopic (exact) mass is 233 g/mol. The summed E-state index contributed by atoms with van der Waals surface area (Å²) in [6.07, 6.45) is 9.53. The number of hydrogen-bond acceptors (Lipinski definition) is 2. The standard InChI is InChI=1S/C14H19NO2/c1-11(10-13-8-5-9-17-13)15-14(16)12-6-3-2-4-7-12/h2-3,5,8-9,11-12H,4,6-7,10H2,1H3,(H,15,16)/t11-,12+/m1/s1. The minimum atomic E-state index is 0.125. The fourth-order valence-corrected chi connectivity index (χ4v) is 2.17. The van der Waals surface area contributed by atoms with E-state index in [1.54, 1.807) is 6.26 Å². The topological polar surface area (TPSA) is 42.2 Å². The Labute approximate surface area is 102 Å². The van der Waals surface area contributed by atoms with Crippen LogP contribution in [0.1, 0.15) is 31.9 Å². The van der Waals surface area contributed by atoms with Gasteiger partial charge >= 0.3 is 0 Å². The van der Waals surface area contributed by atoms with Gasteiger partial charge in [-0.3, -0.25) is 4.79 Å². The molecule has 0 unspecified atom stereocenters. The van der Waals surface area contributed by atoms with Crippen LogP contribution in [0.4, 0.5) is 0 Å². The van der Waals surface area contributed by atoms with Crippen LogP contribution >= 0.6 is 0 Å². The van der Waals surface area contributed by atoms with Gasteiger partial charge in [0.1, 0.15) is 5.76 Å². The maximum atomic E-state index is 12.0. The Morgan fingerprint density at radius 2 is 2.47 bits per heavy atom. The Morgan fingerprint density at radius 1 is 1.59 bits per heavy atom. The van der Waals surface area contributed by atoms with Crippen molar-refractivity contribution in [1.82, 2.24) is 5.32 Å². The minimum Gasteiger partial charge on any atom is -0.469 e. The maximum Gasteiger partial charge on any atom is 0.223 e. The number of nitrogens with one attached hydrogen (secondary N) is 1. The lowest BCUT2D eigenvalue weighted by Crippen LogP contribution is -2.38. The van der Waals surface area contributed by atoms with E-state index < -0.39 is 0 Å². The number of carbonyl (C=O) groups is 1. The molecule has 0 saturated carbocycles. The Kier molecular flexibility index (Phi) is 4.02. The quantitative estimate of drug-likeness (QED) is 0.812. The molecule has 1 aliphatic carbocycles. The first kappa shape index (κ1) is 12.0. The molecule has 0 fully saturated rings. The Hall–Kier alpha value is -1.51. The third kappa shape index (κ3) is 3.48. The van der Waals surface area contributed by atoms with E-state index in [1.807, 2.05) is 19.1 Å². The van der Waals surface area contributed by atoms with Crippen molar-refractivity contribution in [1.29, 1.82) is 0 Å². The second kappa shape index (κ2) is 5.71. The molecule has 0 aromatic carbocycles. The summed E-state index contributed by atoms with van der Waals surface area (Å²) in [5.74, 6) is 1.24. The van der Waals surface area contributed by atoms with E-state index in [2.05, 4.69) is 17.5 Å². The molecule has 1 aliphatic rings. The van der Waals surface area contributed by atoms with E-state index >= 15 is 0 Å². The predicted molar refractivity (Wildman–Crippen MR) is 66.5 cm³/mol. The molecule has 0 spiro atoms. The summed E-state index contributed by atoms with van der Waals surface area (Å²) < 4.78 is 5.27. The van der Waals surface area contributed by atoms with Crippen molar-refractivity contribution in [3.05, 3.63) is 36.3 Å². The second-order valence-electron chi connectivity index (χ2n) is 4.67. The van der Waals surface area contributed by atoms with Crippen molar-refractivity contribution in [3.8, 4) is 0 Å². The van der Waals surface area contributed by atoms with Crippen LogP contribution in [0.25, 0.3) is 0 Å². The van der Waals surface area contributed by atoms with E-state index in [-0.39, 0.29) is 17.9 Å². The number of furan rings is 1. The Bertz CT molecular complexity index is 381. The zero-order valence-electron chi connectivity index (χ0n) is 10.2. The first-order valence-corrected chi connectivity index (χ1v) is 6.23. The van der Waals surface area contributed by atoms with Gasteiger partial charge in [-0.05, 0) is 38.3 Å².